The molecule has 8 heteroatoms. The van der Waals surface area contributed by atoms with Gasteiger partial charge in [0.2, 0.25) is 5.95 Å². The van der Waals surface area contributed by atoms with Gasteiger partial charge >= 0.3 is 0 Å². The maximum absolute atomic E-state index is 11.4. The first kappa shape index (κ1) is 19.7. The fraction of sp³-hybridized carbons (Fsp3) is 0.318. The molecule has 30 heavy (non-hydrogen) atoms. The van der Waals surface area contributed by atoms with Gasteiger partial charge in [-0.3, -0.25) is 4.79 Å². The molecular weight excluding hydrogens is 382 g/mol. The van der Waals surface area contributed by atoms with Crippen molar-refractivity contribution in [2.24, 2.45) is 0 Å². The third-order valence-corrected chi connectivity index (χ3v) is 5.20. The highest BCUT2D eigenvalue weighted by atomic mass is 16.5. The molecule has 2 aliphatic rings. The predicted octanol–water partition coefficient (Wildman–Crippen LogP) is 1.66. The molecule has 1 aromatic heterocycles. The van der Waals surface area contributed by atoms with Gasteiger partial charge in [0, 0.05) is 42.7 Å². The summed E-state index contributed by atoms with van der Waals surface area (Å²) in [5.74, 6) is 3.16. The van der Waals surface area contributed by atoms with E-state index in [9.17, 15) is 9.90 Å². The molecule has 0 saturated carbocycles. The molecule has 0 unspecified atom stereocenters. The van der Waals surface area contributed by atoms with Gasteiger partial charge in [-0.05, 0) is 31.4 Å². The molecule has 1 saturated heterocycles. The Kier molecular flexibility index (Phi) is 5.55. The highest BCUT2D eigenvalue weighted by Crippen LogP contribution is 2.37. The van der Waals surface area contributed by atoms with E-state index in [2.05, 4.69) is 10.2 Å². The van der Waals surface area contributed by atoms with Gasteiger partial charge in [0.05, 0.1) is 18.9 Å². The average Bonchev–Trinajstić information content (AvgIpc) is 3.21. The number of ether oxygens (including phenoxy) is 1. The average molecular weight is 405 g/mol. The standard InChI is InChI=1S/C22H23N5O3/c1-3-19(29)23-14-15(2)27-8-7-18-20(16-5-4-6-17(28)13-16)24-22(25-21(18)27)26-9-11-30-12-10-26/h1,4-6,13-14,28H,7-12H2,2H3,(H,23,29)/b15-14+. The normalized spacial score (nSPS) is 16.2. The summed E-state index contributed by atoms with van der Waals surface area (Å²) in [5, 5.41) is 12.6. The van der Waals surface area contributed by atoms with Crippen LogP contribution in [0.1, 0.15) is 12.5 Å². The van der Waals surface area contributed by atoms with Gasteiger partial charge in [-0.25, -0.2) is 4.98 Å². The van der Waals surface area contributed by atoms with Gasteiger partial charge < -0.3 is 25.0 Å². The topological polar surface area (TPSA) is 90.8 Å². The smallest absolute Gasteiger partial charge is 0.299 e. The predicted molar refractivity (Wildman–Crippen MR) is 114 cm³/mol. The summed E-state index contributed by atoms with van der Waals surface area (Å²) in [6.45, 7) is 5.29. The molecule has 2 aliphatic heterocycles. The number of morpholine rings is 1. The summed E-state index contributed by atoms with van der Waals surface area (Å²) in [5.41, 5.74) is 3.48. The van der Waals surface area contributed by atoms with E-state index in [4.69, 9.17) is 21.1 Å². The van der Waals surface area contributed by atoms with Crippen LogP contribution in [0.15, 0.2) is 36.2 Å². The first-order valence-corrected chi connectivity index (χ1v) is 9.81. The van der Waals surface area contributed by atoms with Gasteiger partial charge in [-0.1, -0.05) is 12.1 Å². The van der Waals surface area contributed by atoms with Crippen LogP contribution < -0.4 is 15.1 Å². The molecule has 0 bridgehead atoms. The van der Waals surface area contributed by atoms with E-state index in [1.165, 1.54) is 0 Å². The van der Waals surface area contributed by atoms with E-state index in [1.54, 1.807) is 24.4 Å². The van der Waals surface area contributed by atoms with Crippen LogP contribution in [0.25, 0.3) is 11.3 Å². The van der Waals surface area contributed by atoms with Gasteiger partial charge in [0.25, 0.3) is 5.91 Å². The number of benzene rings is 1. The lowest BCUT2D eigenvalue weighted by Gasteiger charge is -2.28. The molecule has 0 aliphatic carbocycles. The van der Waals surface area contributed by atoms with Crippen LogP contribution in [-0.2, 0) is 16.0 Å². The number of fused-ring (bicyclic) bond motifs is 1. The Balaban J connectivity index is 1.78. The monoisotopic (exact) mass is 405 g/mol. The molecule has 1 fully saturated rings. The fourth-order valence-electron chi connectivity index (χ4n) is 3.67. The third kappa shape index (κ3) is 3.93. The van der Waals surface area contributed by atoms with Crippen LogP contribution in [0, 0.1) is 12.3 Å². The van der Waals surface area contributed by atoms with E-state index in [0.717, 1.165) is 34.8 Å². The van der Waals surface area contributed by atoms with Gasteiger partial charge in [0.1, 0.15) is 11.6 Å². The molecular formula is C22H23N5O3. The number of amides is 1. The van der Waals surface area contributed by atoms with Crippen molar-refractivity contribution in [1.82, 2.24) is 15.3 Å². The first-order valence-electron chi connectivity index (χ1n) is 9.81. The molecule has 8 nitrogen and oxygen atoms in total. The second-order valence-corrected chi connectivity index (χ2v) is 7.13. The summed E-state index contributed by atoms with van der Waals surface area (Å²) >= 11 is 0. The second-order valence-electron chi connectivity index (χ2n) is 7.13. The SMILES string of the molecule is C#CC(=O)N/C=C(\C)N1CCc2c(-c3cccc(O)c3)nc(N3CCOCC3)nc21. The largest absolute Gasteiger partial charge is 0.508 e. The quantitative estimate of drug-likeness (QED) is 0.748. The van der Waals surface area contributed by atoms with E-state index < -0.39 is 5.91 Å². The number of nitrogens with zero attached hydrogens (tertiary/aromatic N) is 4. The number of terminal acetylenes is 1. The molecule has 1 amide bonds. The molecule has 154 valence electrons. The number of carbonyl (C=O) groups is 1. The number of hydrogen-bond donors (Lipinski definition) is 2. The summed E-state index contributed by atoms with van der Waals surface area (Å²) in [6.07, 6.45) is 7.47. The number of phenols is 1. The Morgan fingerprint density at radius 2 is 2.10 bits per heavy atom. The number of anilines is 2. The van der Waals surface area contributed by atoms with Crippen molar-refractivity contribution in [2.45, 2.75) is 13.3 Å². The second kappa shape index (κ2) is 8.43. The number of aromatic nitrogens is 2. The maximum atomic E-state index is 11.4. The lowest BCUT2D eigenvalue weighted by Crippen LogP contribution is -2.37. The minimum atomic E-state index is -0.495. The number of carbonyl (C=O) groups excluding carboxylic acids is 1. The highest BCUT2D eigenvalue weighted by molar-refractivity contribution is 5.93. The van der Waals surface area contributed by atoms with Crippen LogP contribution in [-0.4, -0.2) is 53.8 Å². The van der Waals surface area contributed by atoms with Crippen molar-refractivity contribution in [3.63, 3.8) is 0 Å². The van der Waals surface area contributed by atoms with E-state index in [1.807, 2.05) is 23.8 Å². The zero-order valence-electron chi connectivity index (χ0n) is 16.8. The number of rotatable bonds is 4. The van der Waals surface area contributed by atoms with E-state index in [-0.39, 0.29) is 5.75 Å². The fourth-order valence-corrected chi connectivity index (χ4v) is 3.67. The number of hydrogen-bond acceptors (Lipinski definition) is 7. The van der Waals surface area contributed by atoms with Crippen LogP contribution in [0.4, 0.5) is 11.8 Å². The van der Waals surface area contributed by atoms with E-state index in [0.29, 0.717) is 38.8 Å². The molecule has 3 heterocycles. The number of nitrogens with one attached hydrogen (secondary N) is 1. The lowest BCUT2D eigenvalue weighted by atomic mass is 10.1. The molecule has 4 rings (SSSR count). The summed E-state index contributed by atoms with van der Waals surface area (Å²) in [4.78, 5) is 25.3. The Labute approximate surface area is 175 Å². The van der Waals surface area contributed by atoms with Crippen molar-refractivity contribution in [3.8, 4) is 29.4 Å². The molecule has 2 N–H and O–H groups in total. The Morgan fingerprint density at radius 1 is 1.30 bits per heavy atom. The van der Waals surface area contributed by atoms with Crippen molar-refractivity contribution in [1.29, 1.82) is 0 Å². The van der Waals surface area contributed by atoms with Crippen LogP contribution in [0.3, 0.4) is 0 Å². The molecule has 0 spiro atoms. The Bertz CT molecular complexity index is 1040. The van der Waals surface area contributed by atoms with E-state index >= 15 is 0 Å². The maximum Gasteiger partial charge on any atom is 0.299 e. The summed E-state index contributed by atoms with van der Waals surface area (Å²) < 4.78 is 5.46. The zero-order chi connectivity index (χ0) is 21.1. The lowest BCUT2D eigenvalue weighted by molar-refractivity contribution is -0.114. The van der Waals surface area contributed by atoms with Crippen molar-refractivity contribution in [2.75, 3.05) is 42.6 Å². The minimum absolute atomic E-state index is 0.190. The van der Waals surface area contributed by atoms with Gasteiger partial charge in [-0.15, -0.1) is 6.42 Å². The Hall–Kier alpha value is -3.57. The number of phenolic OH excluding ortho intramolecular Hbond substituents is 1. The number of aromatic hydroxyl groups is 1. The summed E-state index contributed by atoms with van der Waals surface area (Å²) in [7, 11) is 0. The van der Waals surface area contributed by atoms with Crippen molar-refractivity contribution >= 4 is 17.7 Å². The van der Waals surface area contributed by atoms with Crippen LogP contribution >= 0.6 is 0 Å². The van der Waals surface area contributed by atoms with Gasteiger partial charge in [0.15, 0.2) is 0 Å². The van der Waals surface area contributed by atoms with Gasteiger partial charge in [-0.2, -0.15) is 4.98 Å². The molecule has 1 aromatic carbocycles. The Morgan fingerprint density at radius 3 is 2.83 bits per heavy atom. The first-order chi connectivity index (χ1) is 14.6. The van der Waals surface area contributed by atoms with Crippen molar-refractivity contribution < 1.29 is 14.6 Å². The number of allylic oxidation sites excluding steroid dienone is 1. The molecule has 0 radical (unpaired) electrons. The van der Waals surface area contributed by atoms with Crippen LogP contribution in [0.5, 0.6) is 5.75 Å². The minimum Gasteiger partial charge on any atom is -0.508 e. The molecule has 0 atom stereocenters. The zero-order valence-corrected chi connectivity index (χ0v) is 16.8. The summed E-state index contributed by atoms with van der Waals surface area (Å²) in [6, 6.07) is 7.09. The molecule has 2 aromatic rings. The van der Waals surface area contributed by atoms with Crippen molar-refractivity contribution in [3.05, 3.63) is 41.7 Å². The van der Waals surface area contributed by atoms with Crippen LogP contribution in [0.2, 0.25) is 0 Å². The highest BCUT2D eigenvalue weighted by Gasteiger charge is 2.29. The third-order valence-electron chi connectivity index (χ3n) is 5.20.